The summed E-state index contributed by atoms with van der Waals surface area (Å²) in [6.07, 6.45) is 1.74. The number of amides is 1. The molecule has 3 aromatic rings. The summed E-state index contributed by atoms with van der Waals surface area (Å²) in [6, 6.07) is 15.2. The highest BCUT2D eigenvalue weighted by Crippen LogP contribution is 2.22. The maximum Gasteiger partial charge on any atom is 0.219 e. The van der Waals surface area contributed by atoms with Gasteiger partial charge in [-0.3, -0.25) is 4.79 Å². The minimum absolute atomic E-state index is 0.117. The Labute approximate surface area is 221 Å². The molecule has 2 aromatic carbocycles. The molecule has 2 heterocycles. The summed E-state index contributed by atoms with van der Waals surface area (Å²) < 4.78 is 17.3. The lowest BCUT2D eigenvalue weighted by molar-refractivity contribution is -0.131. The van der Waals surface area contributed by atoms with Crippen molar-refractivity contribution in [2.75, 3.05) is 24.5 Å². The number of anilines is 1. The summed E-state index contributed by atoms with van der Waals surface area (Å²) in [5, 5.41) is 0.886. The molecular weight excluding hydrogens is 471 g/mol. The molecule has 0 N–H and O–H groups in total. The highest BCUT2D eigenvalue weighted by atomic mass is 32.1. The number of rotatable bonds is 4. The Balaban J connectivity index is 0.000000417. The van der Waals surface area contributed by atoms with E-state index in [9.17, 15) is 9.18 Å². The monoisotopic (exact) mass is 514 g/mol. The van der Waals surface area contributed by atoms with Gasteiger partial charge in [-0.15, -0.1) is 0 Å². The van der Waals surface area contributed by atoms with Crippen LogP contribution in [0.4, 0.5) is 9.52 Å². The summed E-state index contributed by atoms with van der Waals surface area (Å²) in [5.41, 5.74) is 3.75. The molecule has 1 saturated heterocycles. The Hall–Kier alpha value is -2.80. The van der Waals surface area contributed by atoms with E-state index < -0.39 is 0 Å². The first kappa shape index (κ1) is 31.2. The van der Waals surface area contributed by atoms with Gasteiger partial charge >= 0.3 is 0 Å². The molecular formula is C29H43FN4OS. The van der Waals surface area contributed by atoms with Crippen molar-refractivity contribution < 1.29 is 9.18 Å². The fourth-order valence-corrected chi connectivity index (χ4v) is 4.37. The largest absolute Gasteiger partial charge is 0.343 e. The molecule has 0 aliphatic carbocycles. The van der Waals surface area contributed by atoms with E-state index in [0.29, 0.717) is 13.0 Å². The Kier molecular flexibility index (Phi) is 14.6. The van der Waals surface area contributed by atoms with Crippen molar-refractivity contribution in [3.05, 3.63) is 76.9 Å². The summed E-state index contributed by atoms with van der Waals surface area (Å²) in [4.78, 5) is 20.2. The zero-order chi connectivity index (χ0) is 27.1. The second-order valence-corrected chi connectivity index (χ2v) is 8.87. The Morgan fingerprint density at radius 3 is 2.11 bits per heavy atom. The second kappa shape index (κ2) is 16.8. The number of carbonyl (C=O) groups is 1. The molecule has 5 nitrogen and oxygen atoms in total. The lowest BCUT2D eigenvalue weighted by atomic mass is 10.1. The molecule has 0 spiro atoms. The maximum atomic E-state index is 12.9. The number of hydrogen-bond donors (Lipinski definition) is 0. The van der Waals surface area contributed by atoms with Crippen molar-refractivity contribution in [1.29, 1.82) is 0 Å². The zero-order valence-corrected chi connectivity index (χ0v) is 24.0. The van der Waals surface area contributed by atoms with Crippen LogP contribution in [0.5, 0.6) is 0 Å². The molecule has 0 bridgehead atoms. The number of halogens is 1. The number of hydrogen-bond acceptors (Lipinski definition) is 5. The highest BCUT2D eigenvalue weighted by molar-refractivity contribution is 7.09. The van der Waals surface area contributed by atoms with E-state index in [4.69, 9.17) is 0 Å². The van der Waals surface area contributed by atoms with Gasteiger partial charge < -0.3 is 9.80 Å². The lowest BCUT2D eigenvalue weighted by Gasteiger charge is -2.39. The van der Waals surface area contributed by atoms with Gasteiger partial charge in [0, 0.05) is 50.6 Å². The minimum Gasteiger partial charge on any atom is -0.343 e. The van der Waals surface area contributed by atoms with Crippen LogP contribution in [-0.4, -0.2) is 45.8 Å². The van der Waals surface area contributed by atoms with Crippen LogP contribution < -0.4 is 4.90 Å². The molecule has 1 aliphatic heterocycles. The second-order valence-electron chi connectivity index (χ2n) is 8.14. The van der Waals surface area contributed by atoms with Gasteiger partial charge in [-0.2, -0.15) is 4.37 Å². The van der Waals surface area contributed by atoms with Crippen molar-refractivity contribution >= 4 is 22.6 Å². The van der Waals surface area contributed by atoms with Gasteiger partial charge in [0.15, 0.2) is 0 Å². The van der Waals surface area contributed by atoms with Crippen LogP contribution in [0.2, 0.25) is 0 Å². The van der Waals surface area contributed by atoms with Gasteiger partial charge in [-0.05, 0) is 43.5 Å². The average Bonchev–Trinajstić information content (AvgIpc) is 3.37. The molecule has 4 rings (SSSR count). The van der Waals surface area contributed by atoms with E-state index in [1.807, 2.05) is 39.5 Å². The number of nitrogens with zero attached hydrogens (tertiary/aromatic N) is 4. The number of aryl methyl sites for hydroxylation is 2. The topological polar surface area (TPSA) is 49.3 Å². The van der Waals surface area contributed by atoms with Crippen LogP contribution in [0.3, 0.4) is 0 Å². The SMILES string of the molecule is CC.CC.CC(=O)N1CCN(c2nc(Cc3ccc(F)cc3)ns2)CC1C.CCc1ccc(C)cc1. The molecule has 1 atom stereocenters. The predicted molar refractivity (Wildman–Crippen MR) is 151 cm³/mol. The minimum atomic E-state index is -0.238. The molecule has 1 fully saturated rings. The molecule has 0 radical (unpaired) electrons. The zero-order valence-electron chi connectivity index (χ0n) is 23.2. The Morgan fingerprint density at radius 2 is 1.58 bits per heavy atom. The lowest BCUT2D eigenvalue weighted by Crippen LogP contribution is -2.53. The normalized spacial score (nSPS) is 14.4. The van der Waals surface area contributed by atoms with E-state index in [2.05, 4.69) is 52.4 Å². The third-order valence-corrected chi connectivity index (χ3v) is 6.38. The molecule has 1 aliphatic rings. The molecule has 1 amide bonds. The third-order valence-electron chi connectivity index (χ3n) is 5.56. The number of benzene rings is 2. The highest BCUT2D eigenvalue weighted by Gasteiger charge is 2.27. The first-order valence-electron chi connectivity index (χ1n) is 13.0. The standard InChI is InChI=1S/C16H19FN4OS.C9H12.2C2H6/c1-11-10-20(7-8-21(11)12(2)22)16-18-15(19-23-16)9-13-3-5-14(17)6-4-13;1-3-9-6-4-8(2)5-7-9;2*1-2/h3-6,11H,7-10H2,1-2H3;4-7H,3H2,1-2H3;2*1-2H3. The summed E-state index contributed by atoms with van der Waals surface area (Å²) in [5.74, 6) is 0.627. The van der Waals surface area contributed by atoms with E-state index in [-0.39, 0.29) is 17.8 Å². The summed E-state index contributed by atoms with van der Waals surface area (Å²) >= 11 is 1.38. The maximum absolute atomic E-state index is 12.9. The van der Waals surface area contributed by atoms with Gasteiger partial charge in [0.05, 0.1) is 0 Å². The fraction of sp³-hybridized carbons (Fsp3) is 0.483. The Bertz CT molecular complexity index is 1000. The molecule has 1 aromatic heterocycles. The van der Waals surface area contributed by atoms with E-state index >= 15 is 0 Å². The van der Waals surface area contributed by atoms with Crippen molar-refractivity contribution in [2.24, 2.45) is 0 Å². The molecule has 0 saturated carbocycles. The van der Waals surface area contributed by atoms with Crippen LogP contribution in [0.25, 0.3) is 0 Å². The molecule has 1 unspecified atom stereocenters. The first-order chi connectivity index (χ1) is 17.4. The number of carbonyl (C=O) groups excluding carboxylic acids is 1. The number of piperazine rings is 1. The quantitative estimate of drug-likeness (QED) is 0.379. The van der Waals surface area contributed by atoms with Gasteiger partial charge in [-0.1, -0.05) is 76.6 Å². The van der Waals surface area contributed by atoms with Gasteiger partial charge in [0.1, 0.15) is 11.6 Å². The average molecular weight is 515 g/mol. The molecule has 36 heavy (non-hydrogen) atoms. The number of aromatic nitrogens is 2. The van der Waals surface area contributed by atoms with Gasteiger partial charge in [0.2, 0.25) is 11.0 Å². The van der Waals surface area contributed by atoms with E-state index in [1.165, 1.54) is 34.8 Å². The fourth-order valence-electron chi connectivity index (χ4n) is 3.65. The van der Waals surface area contributed by atoms with Crippen LogP contribution in [-0.2, 0) is 17.6 Å². The molecule has 198 valence electrons. The van der Waals surface area contributed by atoms with Gasteiger partial charge in [0.25, 0.3) is 0 Å². The Morgan fingerprint density at radius 1 is 1.00 bits per heavy atom. The van der Waals surface area contributed by atoms with Crippen LogP contribution in [0.1, 0.15) is 71.0 Å². The van der Waals surface area contributed by atoms with Crippen molar-refractivity contribution in [1.82, 2.24) is 14.3 Å². The van der Waals surface area contributed by atoms with Crippen LogP contribution >= 0.6 is 11.5 Å². The summed E-state index contributed by atoms with van der Waals surface area (Å²) in [6.45, 7) is 18.2. The predicted octanol–water partition coefficient (Wildman–Crippen LogP) is 6.93. The van der Waals surface area contributed by atoms with Crippen molar-refractivity contribution in [3.63, 3.8) is 0 Å². The van der Waals surface area contributed by atoms with Gasteiger partial charge in [-0.25, -0.2) is 9.37 Å². The van der Waals surface area contributed by atoms with E-state index in [1.54, 1.807) is 19.1 Å². The molecule has 7 heteroatoms. The smallest absolute Gasteiger partial charge is 0.219 e. The third kappa shape index (κ3) is 10.1. The van der Waals surface area contributed by atoms with Crippen LogP contribution in [0.15, 0.2) is 48.5 Å². The van der Waals surface area contributed by atoms with E-state index in [0.717, 1.165) is 36.0 Å². The summed E-state index contributed by atoms with van der Waals surface area (Å²) in [7, 11) is 0. The van der Waals surface area contributed by atoms with Crippen molar-refractivity contribution in [3.8, 4) is 0 Å². The van der Waals surface area contributed by atoms with Crippen LogP contribution in [0, 0.1) is 12.7 Å². The van der Waals surface area contributed by atoms with Crippen molar-refractivity contribution in [2.45, 2.75) is 74.3 Å². The first-order valence-corrected chi connectivity index (χ1v) is 13.8.